The molecule has 0 spiro atoms. The Labute approximate surface area is 63.7 Å². The van der Waals surface area contributed by atoms with Gasteiger partial charge in [0.25, 0.3) is 0 Å². The summed E-state index contributed by atoms with van der Waals surface area (Å²) in [6.07, 6.45) is 9.31. The van der Waals surface area contributed by atoms with Crippen LogP contribution in [0.3, 0.4) is 0 Å². The second kappa shape index (κ2) is 6.38. The third-order valence-corrected chi connectivity index (χ3v) is 1.36. The van der Waals surface area contributed by atoms with E-state index in [0.717, 1.165) is 19.6 Å². The molecule has 0 N–H and O–H groups in total. The van der Waals surface area contributed by atoms with Crippen molar-refractivity contribution in [2.45, 2.75) is 13.8 Å². The fourth-order valence-corrected chi connectivity index (χ4v) is 0.689. The van der Waals surface area contributed by atoms with Gasteiger partial charge in [0.1, 0.15) is 0 Å². The molecule has 0 heterocycles. The maximum absolute atomic E-state index is 5.16. The molecule has 1 nitrogen and oxygen atoms in total. The molecule has 0 saturated heterocycles. The minimum Gasteiger partial charge on any atom is -0.289 e. The molecule has 0 atom stereocenters. The van der Waals surface area contributed by atoms with E-state index < -0.39 is 0 Å². The molecule has 0 aromatic carbocycles. The van der Waals surface area contributed by atoms with Crippen molar-refractivity contribution in [3.8, 4) is 12.3 Å². The van der Waals surface area contributed by atoms with E-state index in [1.165, 1.54) is 0 Å². The monoisotopic (exact) mass is 137 g/mol. The first-order valence-electron chi connectivity index (χ1n) is 3.62. The Bertz CT molecular complexity index is 130. The fourth-order valence-electron chi connectivity index (χ4n) is 0.689. The minimum atomic E-state index is 0.751. The predicted molar refractivity (Wildman–Crippen MR) is 45.8 cm³/mol. The van der Waals surface area contributed by atoms with E-state index in [1.54, 1.807) is 0 Å². The van der Waals surface area contributed by atoms with Crippen LogP contribution in [0, 0.1) is 12.3 Å². The van der Waals surface area contributed by atoms with Crippen molar-refractivity contribution in [1.29, 1.82) is 0 Å². The van der Waals surface area contributed by atoms with Gasteiger partial charge in [0, 0.05) is 6.54 Å². The van der Waals surface area contributed by atoms with Crippen molar-refractivity contribution >= 4 is 0 Å². The Morgan fingerprint density at radius 1 is 1.60 bits per heavy atom. The molecule has 0 amide bonds. The van der Waals surface area contributed by atoms with Crippen LogP contribution in [0.4, 0.5) is 0 Å². The zero-order valence-corrected chi connectivity index (χ0v) is 6.80. The highest BCUT2D eigenvalue weighted by molar-refractivity contribution is 4.90. The van der Waals surface area contributed by atoms with Crippen molar-refractivity contribution in [2.24, 2.45) is 0 Å². The molecule has 0 fully saturated rings. The SMILES string of the molecule is C#CCN(CC)C/C=C/C. The largest absolute Gasteiger partial charge is 0.289 e. The summed E-state index contributed by atoms with van der Waals surface area (Å²) in [4.78, 5) is 2.19. The summed E-state index contributed by atoms with van der Waals surface area (Å²) >= 11 is 0. The van der Waals surface area contributed by atoms with Crippen LogP contribution >= 0.6 is 0 Å². The summed E-state index contributed by atoms with van der Waals surface area (Å²) in [5, 5.41) is 0. The summed E-state index contributed by atoms with van der Waals surface area (Å²) in [5.41, 5.74) is 0. The van der Waals surface area contributed by atoms with Crippen LogP contribution in [0.1, 0.15) is 13.8 Å². The quantitative estimate of drug-likeness (QED) is 0.419. The molecule has 0 saturated carbocycles. The molecule has 0 aliphatic carbocycles. The number of rotatable bonds is 4. The third-order valence-electron chi connectivity index (χ3n) is 1.36. The van der Waals surface area contributed by atoms with E-state index in [4.69, 9.17) is 6.42 Å². The van der Waals surface area contributed by atoms with Crippen LogP contribution in [0.15, 0.2) is 12.2 Å². The molecule has 0 unspecified atom stereocenters. The lowest BCUT2D eigenvalue weighted by Gasteiger charge is -2.13. The van der Waals surface area contributed by atoms with Crippen LogP contribution in [0.2, 0.25) is 0 Å². The van der Waals surface area contributed by atoms with Gasteiger partial charge in [-0.3, -0.25) is 4.90 Å². The number of allylic oxidation sites excluding steroid dienone is 1. The molecule has 56 valence electrons. The van der Waals surface area contributed by atoms with Gasteiger partial charge in [-0.05, 0) is 13.5 Å². The van der Waals surface area contributed by atoms with Gasteiger partial charge in [0.05, 0.1) is 6.54 Å². The van der Waals surface area contributed by atoms with Gasteiger partial charge in [0.15, 0.2) is 0 Å². The Hall–Kier alpha value is -0.740. The van der Waals surface area contributed by atoms with E-state index in [-0.39, 0.29) is 0 Å². The van der Waals surface area contributed by atoms with Gasteiger partial charge in [-0.2, -0.15) is 0 Å². The first kappa shape index (κ1) is 9.26. The Morgan fingerprint density at radius 2 is 2.30 bits per heavy atom. The summed E-state index contributed by atoms with van der Waals surface area (Å²) in [7, 11) is 0. The zero-order valence-electron chi connectivity index (χ0n) is 6.80. The summed E-state index contributed by atoms with van der Waals surface area (Å²) < 4.78 is 0. The lowest BCUT2D eigenvalue weighted by atomic mass is 10.4. The van der Waals surface area contributed by atoms with Crippen LogP contribution in [0.25, 0.3) is 0 Å². The van der Waals surface area contributed by atoms with Crippen molar-refractivity contribution in [3.63, 3.8) is 0 Å². The topological polar surface area (TPSA) is 3.24 Å². The molecular formula is C9H15N. The second-order valence-corrected chi connectivity index (χ2v) is 2.10. The summed E-state index contributed by atoms with van der Waals surface area (Å²) in [5.74, 6) is 2.62. The highest BCUT2D eigenvalue weighted by Crippen LogP contribution is 1.86. The van der Waals surface area contributed by atoms with Gasteiger partial charge < -0.3 is 0 Å². The van der Waals surface area contributed by atoms with Gasteiger partial charge in [-0.15, -0.1) is 6.42 Å². The van der Waals surface area contributed by atoms with E-state index in [2.05, 4.69) is 23.8 Å². The van der Waals surface area contributed by atoms with E-state index in [9.17, 15) is 0 Å². The second-order valence-electron chi connectivity index (χ2n) is 2.10. The molecule has 0 radical (unpaired) electrons. The van der Waals surface area contributed by atoms with Gasteiger partial charge >= 0.3 is 0 Å². The molecule has 0 aliphatic heterocycles. The predicted octanol–water partition coefficient (Wildman–Crippen LogP) is 1.52. The van der Waals surface area contributed by atoms with Crippen molar-refractivity contribution in [3.05, 3.63) is 12.2 Å². The molecular weight excluding hydrogens is 122 g/mol. The number of hydrogen-bond acceptors (Lipinski definition) is 1. The van der Waals surface area contributed by atoms with Gasteiger partial charge in [-0.25, -0.2) is 0 Å². The minimum absolute atomic E-state index is 0.751. The third kappa shape index (κ3) is 4.17. The maximum Gasteiger partial charge on any atom is 0.0601 e. The number of hydrogen-bond donors (Lipinski definition) is 0. The number of likely N-dealkylation sites (N-methyl/N-ethyl adjacent to an activating group) is 1. The first-order valence-corrected chi connectivity index (χ1v) is 3.62. The Kier molecular flexibility index (Phi) is 5.91. The van der Waals surface area contributed by atoms with Gasteiger partial charge in [0.2, 0.25) is 0 Å². The van der Waals surface area contributed by atoms with Crippen LogP contribution in [-0.2, 0) is 0 Å². The molecule has 1 heteroatoms. The highest BCUT2D eigenvalue weighted by Gasteiger charge is 1.93. The van der Waals surface area contributed by atoms with Crippen LogP contribution < -0.4 is 0 Å². The normalized spacial score (nSPS) is 10.6. The highest BCUT2D eigenvalue weighted by atomic mass is 15.1. The number of nitrogens with zero attached hydrogens (tertiary/aromatic N) is 1. The van der Waals surface area contributed by atoms with E-state index in [1.807, 2.05) is 13.0 Å². The van der Waals surface area contributed by atoms with Gasteiger partial charge in [-0.1, -0.05) is 25.0 Å². The Balaban J connectivity index is 3.51. The smallest absolute Gasteiger partial charge is 0.0601 e. The molecule has 0 aromatic rings. The Morgan fingerprint density at radius 3 is 2.70 bits per heavy atom. The summed E-state index contributed by atoms with van der Waals surface area (Å²) in [6.45, 7) is 6.87. The number of terminal acetylenes is 1. The fraction of sp³-hybridized carbons (Fsp3) is 0.556. The molecule has 0 aliphatic rings. The first-order chi connectivity index (χ1) is 4.85. The van der Waals surface area contributed by atoms with E-state index in [0.29, 0.717) is 0 Å². The van der Waals surface area contributed by atoms with Crippen molar-refractivity contribution in [2.75, 3.05) is 19.6 Å². The van der Waals surface area contributed by atoms with Crippen molar-refractivity contribution in [1.82, 2.24) is 4.90 Å². The lowest BCUT2D eigenvalue weighted by molar-refractivity contribution is 0.360. The van der Waals surface area contributed by atoms with Crippen LogP contribution in [0.5, 0.6) is 0 Å². The molecule has 0 bridgehead atoms. The van der Waals surface area contributed by atoms with Crippen molar-refractivity contribution < 1.29 is 0 Å². The maximum atomic E-state index is 5.16. The molecule has 0 rings (SSSR count). The molecule has 0 aromatic heterocycles. The molecule has 10 heavy (non-hydrogen) atoms. The average Bonchev–Trinajstić information content (AvgIpc) is 1.98. The van der Waals surface area contributed by atoms with E-state index >= 15 is 0 Å². The summed E-state index contributed by atoms with van der Waals surface area (Å²) in [6, 6.07) is 0. The average molecular weight is 137 g/mol. The zero-order chi connectivity index (χ0) is 7.82. The lowest BCUT2D eigenvalue weighted by Crippen LogP contribution is -2.23. The standard InChI is InChI=1S/C9H15N/c1-4-7-9-10(6-3)8-5-2/h2,4,7H,6,8-9H2,1,3H3/b7-4+. The van der Waals surface area contributed by atoms with Crippen LogP contribution in [-0.4, -0.2) is 24.5 Å².